The van der Waals surface area contributed by atoms with Gasteiger partial charge in [-0.15, -0.1) is 0 Å². The van der Waals surface area contributed by atoms with Crippen LogP contribution >= 0.6 is 0 Å². The number of hydrogen-bond donors (Lipinski definition) is 6. The van der Waals surface area contributed by atoms with Gasteiger partial charge in [0, 0.05) is 83.7 Å². The molecule has 0 saturated carbocycles. The Balaban J connectivity index is 0.000000700. The van der Waals surface area contributed by atoms with Crippen molar-refractivity contribution in [2.75, 3.05) is 47.8 Å². The average Bonchev–Trinajstić information content (AvgIpc) is 0.717. The third kappa shape index (κ3) is 21.6. The van der Waals surface area contributed by atoms with E-state index >= 15 is 0 Å². The monoisotopic (exact) mass is 1430 g/mol. The normalized spacial score (nSPS) is 30.3. The maximum absolute atomic E-state index is 11.7. The van der Waals surface area contributed by atoms with Crippen molar-refractivity contribution in [3.8, 4) is 0 Å². The van der Waals surface area contributed by atoms with Gasteiger partial charge < -0.3 is 69.9 Å². The molecule has 8 aliphatic rings. The highest BCUT2D eigenvalue weighted by Crippen LogP contribution is 2.67. The molecule has 2 unspecified atom stereocenters. The van der Waals surface area contributed by atoms with Crippen molar-refractivity contribution in [1.29, 1.82) is 0 Å². The van der Waals surface area contributed by atoms with Crippen molar-refractivity contribution in [3.05, 3.63) is 0 Å². The first-order valence-electron chi connectivity index (χ1n) is 39.0. The number of ether oxygens (including phenoxy) is 7. The first-order valence-corrected chi connectivity index (χ1v) is 39.0. The number of nitrogens with one attached hydrogen (secondary N) is 6. The van der Waals surface area contributed by atoms with Crippen molar-refractivity contribution in [3.63, 3.8) is 0 Å². The van der Waals surface area contributed by atoms with Crippen LogP contribution in [0.1, 0.15) is 311 Å². The molecule has 8 rings (SSSR count). The molecule has 0 aromatic carbocycles. The molecule has 8 saturated heterocycles. The first-order chi connectivity index (χ1) is 45.0. The van der Waals surface area contributed by atoms with Crippen molar-refractivity contribution < 1.29 is 52.3 Å². The summed E-state index contributed by atoms with van der Waals surface area (Å²) in [7, 11) is 3.44. The summed E-state index contributed by atoms with van der Waals surface area (Å²) in [6.07, 6.45) is 14.9. The lowest BCUT2D eigenvalue weighted by molar-refractivity contribution is -0.340. The van der Waals surface area contributed by atoms with Gasteiger partial charge in [-0.1, -0.05) is 35.1 Å². The minimum Gasteiger partial charge on any atom is -0.469 e. The third-order valence-corrected chi connectivity index (χ3v) is 25.3. The van der Waals surface area contributed by atoms with Crippen LogP contribution in [0.2, 0.25) is 0 Å². The van der Waals surface area contributed by atoms with E-state index in [4.69, 9.17) is 18.9 Å². The van der Waals surface area contributed by atoms with E-state index in [1.807, 2.05) is 0 Å². The number of rotatable bonds is 19. The Labute approximate surface area is 617 Å². The molecule has 8 heterocycles. The Morgan fingerprint density at radius 1 is 0.347 bits per heavy atom. The fourth-order valence-electron chi connectivity index (χ4n) is 24.7. The van der Waals surface area contributed by atoms with Crippen molar-refractivity contribution in [1.82, 2.24) is 31.9 Å². The van der Waals surface area contributed by atoms with E-state index in [0.29, 0.717) is 61.9 Å². The van der Waals surface area contributed by atoms with Crippen LogP contribution in [0, 0.1) is 74.4 Å². The van der Waals surface area contributed by atoms with Crippen molar-refractivity contribution >= 4 is 23.7 Å². The number of Topliss-reactive ketones (excluding diaryl/α,β-unsaturated/α-hetero) is 1. The quantitative estimate of drug-likeness (QED) is 0.0525. The lowest BCUT2D eigenvalue weighted by Crippen LogP contribution is -2.68. The second-order valence-corrected chi connectivity index (χ2v) is 43.9. The highest BCUT2D eigenvalue weighted by Gasteiger charge is 2.65. The molecule has 0 aromatic rings. The number of piperidine rings is 6. The molecule has 2 atom stereocenters. The largest absolute Gasteiger partial charge is 0.469 e. The zero-order valence-electron chi connectivity index (χ0n) is 69.9. The van der Waals surface area contributed by atoms with E-state index in [1.165, 1.54) is 84.0 Å². The zero-order valence-corrected chi connectivity index (χ0v) is 69.9. The minimum atomic E-state index is -1.10. The van der Waals surface area contributed by atoms with Crippen LogP contribution in [-0.2, 0) is 52.3 Å². The molecule has 0 radical (unpaired) electrons. The maximum Gasteiger partial charge on any atom is 0.310 e. The third-order valence-electron chi connectivity index (χ3n) is 25.3. The molecule has 1 spiro atoms. The Morgan fingerprint density at radius 2 is 0.535 bits per heavy atom. The molecule has 17 heteroatoms. The van der Waals surface area contributed by atoms with E-state index in [9.17, 15) is 19.2 Å². The Bertz CT molecular complexity index is 2410. The smallest absolute Gasteiger partial charge is 0.310 e. The van der Waals surface area contributed by atoms with E-state index in [0.717, 1.165) is 34.2 Å². The average molecular weight is 1430 g/mol. The summed E-state index contributed by atoms with van der Waals surface area (Å²) >= 11 is 0. The lowest BCUT2D eigenvalue weighted by atomic mass is 9.44. The minimum absolute atomic E-state index is 0. The maximum atomic E-state index is 11.7. The molecule has 6 N–H and O–H groups in total. The Hall–Kier alpha value is -2.32. The molecule has 0 aromatic heterocycles. The number of esters is 3. The summed E-state index contributed by atoms with van der Waals surface area (Å²) in [4.78, 5) is 45.7. The van der Waals surface area contributed by atoms with Gasteiger partial charge in [-0.25, -0.2) is 0 Å². The standard InChI is InChI=1S/C71H134N6O4.C12H18O7.CH4/c1-55(2,41-70(47-29-57(5,6)72-58(7,8)30-47,48-31-59(9,10)73-60(11,12)32-48)49-33-61(13,14)74-62(15,16)34-49)53-78-43-69(44-79-53)45-80-54(81-46-69)56(3,4)42-71(50-35-63(17,18)75-64(19,20)36-50,51-37-65(21,22)76-66(23,24)38-51)52-39-67(25,26)77-68(27,28)40-52;1-7(13)5-8(11(15)18-3)9(12(16)19-4)6-10(14)17-2;/h47-54,72-77H,29-46H2,1-28H3;8-9H,5-6H2,1-4H3;1H4. The van der Waals surface area contributed by atoms with Crippen molar-refractivity contribution in [2.24, 2.45) is 74.4 Å². The lowest BCUT2D eigenvalue weighted by Gasteiger charge is -2.66. The summed E-state index contributed by atoms with van der Waals surface area (Å²) in [5, 5.41) is 24.9. The Kier molecular flexibility index (Phi) is 25.9. The predicted molar refractivity (Wildman–Crippen MR) is 409 cm³/mol. The number of carbonyl (C=O) groups excluding carboxylic acids is 4. The van der Waals surface area contributed by atoms with Crippen molar-refractivity contribution in [2.45, 2.75) is 390 Å². The van der Waals surface area contributed by atoms with Crippen LogP contribution in [-0.4, -0.2) is 150 Å². The fraction of sp³-hybridized carbons (Fsp3) is 0.952. The summed E-state index contributed by atoms with van der Waals surface area (Å²) < 4.78 is 42.8. The molecule has 0 amide bonds. The zero-order chi connectivity index (χ0) is 75.9. The topological polar surface area (TPSA) is 205 Å². The second kappa shape index (κ2) is 29.9. The van der Waals surface area contributed by atoms with E-state index in [-0.39, 0.29) is 132 Å². The van der Waals surface area contributed by atoms with E-state index < -0.39 is 29.7 Å². The van der Waals surface area contributed by atoms with Gasteiger partial charge in [-0.05, 0) is 309 Å². The molecule has 0 bridgehead atoms. The van der Waals surface area contributed by atoms with Gasteiger partial charge in [0.25, 0.3) is 0 Å². The summed E-state index contributed by atoms with van der Waals surface area (Å²) in [5.41, 5.74) is -0.672. The number of ketones is 1. The Morgan fingerprint density at radius 3 is 0.703 bits per heavy atom. The van der Waals surface area contributed by atoms with Gasteiger partial charge in [0.1, 0.15) is 5.78 Å². The predicted octanol–water partition coefficient (Wildman–Crippen LogP) is 15.6. The molecule has 17 nitrogen and oxygen atoms in total. The van der Waals surface area contributed by atoms with E-state index in [1.54, 1.807) is 0 Å². The molecule has 588 valence electrons. The molecular formula is C84H156N6O11. The molecule has 0 aliphatic carbocycles. The van der Waals surface area contributed by atoms with Gasteiger partial charge >= 0.3 is 17.9 Å². The van der Waals surface area contributed by atoms with Crippen LogP contribution in [0.4, 0.5) is 0 Å². The van der Waals surface area contributed by atoms with Gasteiger partial charge in [0.2, 0.25) is 0 Å². The van der Waals surface area contributed by atoms with Crippen LogP contribution < -0.4 is 31.9 Å². The molecule has 8 aliphatic heterocycles. The molecular weight excluding hydrogens is 1270 g/mol. The van der Waals surface area contributed by atoms with E-state index in [2.05, 4.69) is 240 Å². The number of hydrogen-bond acceptors (Lipinski definition) is 17. The molecule has 101 heavy (non-hydrogen) atoms. The van der Waals surface area contributed by atoms with Crippen LogP contribution in [0.15, 0.2) is 0 Å². The van der Waals surface area contributed by atoms with Gasteiger partial charge in [0.15, 0.2) is 12.6 Å². The SMILES string of the molecule is C.CC1(C)CC(C(CC(C)(C)C2OCC3(CO2)COC(C(C)(C)CC(C2CC(C)(C)NC(C)(C)C2)(C2CC(C)(C)NC(C)(C)C2)C2CC(C)(C)NC(C)(C)C2)OC3)(C2CC(C)(C)NC(C)(C)C2)C2CC(C)(C)NC(C)(C)C2)CC(C)(C)N1.COC(=O)CC(C(=O)OC)C(CC(C)=O)C(=O)OC. The van der Waals surface area contributed by atoms with Crippen LogP contribution in [0.5, 0.6) is 0 Å². The summed E-state index contributed by atoms with van der Waals surface area (Å²) in [5.74, 6) is -1.50. The second-order valence-electron chi connectivity index (χ2n) is 43.9. The van der Waals surface area contributed by atoms with Gasteiger partial charge in [-0.2, -0.15) is 0 Å². The van der Waals surface area contributed by atoms with Gasteiger partial charge in [-0.3, -0.25) is 14.4 Å². The highest BCUT2D eigenvalue weighted by atomic mass is 16.7. The fourth-order valence-corrected chi connectivity index (χ4v) is 24.7. The first kappa shape index (κ1) is 87.6. The summed E-state index contributed by atoms with van der Waals surface area (Å²) in [6.45, 7) is 73.2. The number of carbonyl (C=O) groups is 4. The number of methoxy groups -OCH3 is 3. The molecule has 8 fully saturated rings. The summed E-state index contributed by atoms with van der Waals surface area (Å²) in [6, 6.07) is 0. The highest BCUT2D eigenvalue weighted by molar-refractivity contribution is 5.89. The van der Waals surface area contributed by atoms with Gasteiger partial charge in [0.05, 0.1) is 71.4 Å². The van der Waals surface area contributed by atoms with Crippen LogP contribution in [0.25, 0.3) is 0 Å². The van der Waals surface area contributed by atoms with Crippen LogP contribution in [0.3, 0.4) is 0 Å².